The molecule has 0 aliphatic rings. The summed E-state index contributed by atoms with van der Waals surface area (Å²) >= 11 is 6.03. The van der Waals surface area contributed by atoms with E-state index >= 15 is 0 Å². The summed E-state index contributed by atoms with van der Waals surface area (Å²) in [5, 5.41) is 1.89. The fraction of sp³-hybridized carbons (Fsp3) is 0.200. The number of benzene rings is 1. The van der Waals surface area contributed by atoms with Crippen LogP contribution in [0.2, 0.25) is 5.02 Å². The highest BCUT2D eigenvalue weighted by molar-refractivity contribution is 6.35. The normalized spacial score (nSPS) is 10.9. The second-order valence-corrected chi connectivity index (χ2v) is 3.38. The Labute approximate surface area is 81.9 Å². The SMILES string of the molecule is NCCn1ccc2c(Cl)cccc21. The van der Waals surface area contributed by atoms with Gasteiger partial charge in [0, 0.05) is 35.2 Å². The summed E-state index contributed by atoms with van der Waals surface area (Å²) in [7, 11) is 0. The maximum atomic E-state index is 6.03. The molecule has 0 saturated heterocycles. The van der Waals surface area contributed by atoms with Gasteiger partial charge in [-0.25, -0.2) is 0 Å². The molecule has 0 fully saturated rings. The Morgan fingerprint density at radius 2 is 2.15 bits per heavy atom. The number of aromatic nitrogens is 1. The molecule has 1 aromatic heterocycles. The van der Waals surface area contributed by atoms with Crippen LogP contribution < -0.4 is 5.73 Å². The van der Waals surface area contributed by atoms with Gasteiger partial charge in [0.25, 0.3) is 0 Å². The first-order valence-electron chi connectivity index (χ1n) is 4.26. The number of hydrogen-bond donors (Lipinski definition) is 1. The van der Waals surface area contributed by atoms with Crippen molar-refractivity contribution < 1.29 is 0 Å². The molecular weight excluding hydrogens is 184 g/mol. The minimum absolute atomic E-state index is 0.649. The van der Waals surface area contributed by atoms with Crippen LogP contribution >= 0.6 is 11.6 Å². The summed E-state index contributed by atoms with van der Waals surface area (Å²) in [6.45, 7) is 1.49. The number of halogens is 1. The number of fused-ring (bicyclic) bond motifs is 1. The van der Waals surface area contributed by atoms with Gasteiger partial charge in [-0.05, 0) is 18.2 Å². The van der Waals surface area contributed by atoms with Crippen LogP contribution in [0.1, 0.15) is 0 Å². The van der Waals surface area contributed by atoms with Crippen LogP contribution in [0.5, 0.6) is 0 Å². The highest BCUT2D eigenvalue weighted by Gasteiger charge is 2.02. The number of hydrogen-bond acceptors (Lipinski definition) is 1. The monoisotopic (exact) mass is 194 g/mol. The molecule has 0 aliphatic heterocycles. The lowest BCUT2D eigenvalue weighted by atomic mass is 10.2. The zero-order valence-corrected chi connectivity index (χ0v) is 7.96. The lowest BCUT2D eigenvalue weighted by Gasteiger charge is -2.02. The summed E-state index contributed by atoms with van der Waals surface area (Å²) in [5.41, 5.74) is 6.65. The second-order valence-electron chi connectivity index (χ2n) is 2.97. The van der Waals surface area contributed by atoms with Gasteiger partial charge in [-0.1, -0.05) is 17.7 Å². The van der Waals surface area contributed by atoms with Crippen molar-refractivity contribution in [3.05, 3.63) is 35.5 Å². The molecule has 1 aromatic carbocycles. The summed E-state index contributed by atoms with van der Waals surface area (Å²) in [6, 6.07) is 7.93. The van der Waals surface area contributed by atoms with E-state index in [0.717, 1.165) is 22.5 Å². The first kappa shape index (κ1) is 8.60. The predicted molar refractivity (Wildman–Crippen MR) is 56.0 cm³/mol. The maximum absolute atomic E-state index is 6.03. The van der Waals surface area contributed by atoms with Crippen molar-refractivity contribution >= 4 is 22.5 Å². The van der Waals surface area contributed by atoms with E-state index in [9.17, 15) is 0 Å². The largest absolute Gasteiger partial charge is 0.346 e. The van der Waals surface area contributed by atoms with Gasteiger partial charge >= 0.3 is 0 Å². The van der Waals surface area contributed by atoms with E-state index in [1.807, 2.05) is 24.4 Å². The topological polar surface area (TPSA) is 30.9 Å². The first-order valence-corrected chi connectivity index (χ1v) is 4.64. The number of nitrogens with two attached hydrogens (primary N) is 1. The van der Waals surface area contributed by atoms with Gasteiger partial charge in [0.15, 0.2) is 0 Å². The molecule has 0 aliphatic carbocycles. The Bertz CT molecular complexity index is 420. The molecule has 2 N–H and O–H groups in total. The summed E-state index contributed by atoms with van der Waals surface area (Å²) in [4.78, 5) is 0. The van der Waals surface area contributed by atoms with Crippen molar-refractivity contribution in [3.8, 4) is 0 Å². The lowest BCUT2D eigenvalue weighted by molar-refractivity contribution is 0.735. The molecule has 0 atom stereocenters. The fourth-order valence-electron chi connectivity index (χ4n) is 1.52. The van der Waals surface area contributed by atoms with E-state index < -0.39 is 0 Å². The minimum Gasteiger partial charge on any atom is -0.346 e. The highest BCUT2D eigenvalue weighted by atomic mass is 35.5. The third-order valence-electron chi connectivity index (χ3n) is 2.13. The average Bonchev–Trinajstić information content (AvgIpc) is 2.51. The Balaban J connectivity index is 2.61. The van der Waals surface area contributed by atoms with Crippen LogP contribution in [0, 0.1) is 0 Å². The molecule has 0 spiro atoms. The number of nitrogens with zero attached hydrogens (tertiary/aromatic N) is 1. The van der Waals surface area contributed by atoms with E-state index in [2.05, 4.69) is 10.6 Å². The van der Waals surface area contributed by atoms with Crippen LogP contribution in [-0.2, 0) is 6.54 Å². The molecule has 2 rings (SSSR count). The van der Waals surface area contributed by atoms with Gasteiger partial charge in [-0.15, -0.1) is 0 Å². The minimum atomic E-state index is 0.649. The van der Waals surface area contributed by atoms with E-state index in [1.165, 1.54) is 0 Å². The Kier molecular flexibility index (Phi) is 2.25. The molecular formula is C10H11ClN2. The van der Waals surface area contributed by atoms with Crippen molar-refractivity contribution in [1.29, 1.82) is 0 Å². The molecule has 1 heterocycles. The third kappa shape index (κ3) is 1.43. The van der Waals surface area contributed by atoms with Gasteiger partial charge in [-0.2, -0.15) is 0 Å². The molecule has 0 saturated carbocycles. The van der Waals surface area contributed by atoms with Crippen LogP contribution in [0.15, 0.2) is 30.5 Å². The van der Waals surface area contributed by atoms with E-state index in [-0.39, 0.29) is 0 Å². The molecule has 3 heteroatoms. The third-order valence-corrected chi connectivity index (χ3v) is 2.46. The van der Waals surface area contributed by atoms with Gasteiger partial charge in [0.1, 0.15) is 0 Å². The zero-order valence-electron chi connectivity index (χ0n) is 7.20. The van der Waals surface area contributed by atoms with E-state index in [0.29, 0.717) is 6.54 Å². The van der Waals surface area contributed by atoms with Crippen molar-refractivity contribution in [1.82, 2.24) is 4.57 Å². The Morgan fingerprint density at radius 1 is 1.31 bits per heavy atom. The van der Waals surface area contributed by atoms with Crippen molar-refractivity contribution in [2.75, 3.05) is 6.54 Å². The maximum Gasteiger partial charge on any atom is 0.0499 e. The molecule has 2 aromatic rings. The van der Waals surface area contributed by atoms with Crippen LogP contribution in [0.3, 0.4) is 0 Å². The first-order chi connectivity index (χ1) is 6.33. The van der Waals surface area contributed by atoms with Crippen molar-refractivity contribution in [3.63, 3.8) is 0 Å². The fourth-order valence-corrected chi connectivity index (χ4v) is 1.75. The standard InChI is InChI=1S/C10H11ClN2/c11-9-2-1-3-10-8(9)4-6-13(10)7-5-12/h1-4,6H,5,7,12H2. The zero-order chi connectivity index (χ0) is 9.26. The van der Waals surface area contributed by atoms with Crippen molar-refractivity contribution in [2.45, 2.75) is 6.54 Å². The Hall–Kier alpha value is -0.990. The molecule has 68 valence electrons. The quantitative estimate of drug-likeness (QED) is 0.781. The molecule has 13 heavy (non-hydrogen) atoms. The molecule has 0 radical (unpaired) electrons. The van der Waals surface area contributed by atoms with Gasteiger partial charge in [0.2, 0.25) is 0 Å². The van der Waals surface area contributed by atoms with Crippen LogP contribution in [-0.4, -0.2) is 11.1 Å². The molecule has 0 amide bonds. The lowest BCUT2D eigenvalue weighted by Crippen LogP contribution is -2.08. The van der Waals surface area contributed by atoms with Crippen LogP contribution in [0.4, 0.5) is 0 Å². The van der Waals surface area contributed by atoms with E-state index in [4.69, 9.17) is 17.3 Å². The molecule has 0 bridgehead atoms. The second kappa shape index (κ2) is 3.40. The Morgan fingerprint density at radius 3 is 2.92 bits per heavy atom. The van der Waals surface area contributed by atoms with Crippen LogP contribution in [0.25, 0.3) is 10.9 Å². The van der Waals surface area contributed by atoms with E-state index in [1.54, 1.807) is 0 Å². The van der Waals surface area contributed by atoms with Gasteiger partial charge < -0.3 is 10.3 Å². The highest BCUT2D eigenvalue weighted by Crippen LogP contribution is 2.23. The summed E-state index contributed by atoms with van der Waals surface area (Å²) < 4.78 is 2.11. The smallest absolute Gasteiger partial charge is 0.0499 e. The summed E-state index contributed by atoms with van der Waals surface area (Å²) in [5.74, 6) is 0. The molecule has 0 unspecified atom stereocenters. The van der Waals surface area contributed by atoms with Gasteiger partial charge in [0.05, 0.1) is 0 Å². The van der Waals surface area contributed by atoms with Crippen molar-refractivity contribution in [2.24, 2.45) is 5.73 Å². The average molecular weight is 195 g/mol. The summed E-state index contributed by atoms with van der Waals surface area (Å²) in [6.07, 6.45) is 2.02. The molecule has 2 nitrogen and oxygen atoms in total. The predicted octanol–water partition coefficient (Wildman–Crippen LogP) is 2.25. The number of rotatable bonds is 2. The van der Waals surface area contributed by atoms with Gasteiger partial charge in [-0.3, -0.25) is 0 Å².